The molecule has 0 aliphatic carbocycles. The lowest BCUT2D eigenvalue weighted by molar-refractivity contribution is -0.365. The average Bonchev–Trinajstić information content (AvgIpc) is 2.81. The highest BCUT2D eigenvalue weighted by molar-refractivity contribution is 6.69. The first-order valence-electron chi connectivity index (χ1n) is 11.1. The van der Waals surface area contributed by atoms with Crippen LogP contribution in [0.3, 0.4) is 0 Å². The molecule has 1 aliphatic heterocycles. The van der Waals surface area contributed by atoms with Gasteiger partial charge in [0.25, 0.3) is 0 Å². The predicted octanol–water partition coefficient (Wildman–Crippen LogP) is 3.35. The minimum atomic E-state index is -1.99. The zero-order valence-corrected chi connectivity index (χ0v) is 22.0. The number of aliphatic hydroxyl groups is 3. The first-order valence-corrected chi connectivity index (χ1v) is 14.8. The van der Waals surface area contributed by atoms with E-state index in [4.69, 9.17) is 30.2 Å². The molecule has 194 valence electrons. The molecule has 0 bridgehead atoms. The first-order chi connectivity index (χ1) is 16.3. The maximum Gasteiger partial charge on any atom is 0.224 e. The van der Waals surface area contributed by atoms with Gasteiger partial charge in [-0.3, -0.25) is 0 Å². The maximum absolute atomic E-state index is 14.6. The van der Waals surface area contributed by atoms with Crippen LogP contribution < -0.4 is 4.74 Å². The molecule has 2 aromatic carbocycles. The number of hydrogen-bond donors (Lipinski definition) is 3. The van der Waals surface area contributed by atoms with E-state index < -0.39 is 50.2 Å². The third-order valence-corrected chi connectivity index (χ3v) is 7.33. The fraction of sp³-hybridized carbons (Fsp3) is 0.500. The summed E-state index contributed by atoms with van der Waals surface area (Å²) < 4.78 is 51.1. The van der Waals surface area contributed by atoms with Crippen molar-refractivity contribution >= 4 is 19.9 Å². The summed E-state index contributed by atoms with van der Waals surface area (Å²) in [5.41, 5.74) is 0.705. The Labute approximate surface area is 209 Å². The van der Waals surface area contributed by atoms with Gasteiger partial charge in [0.15, 0.2) is 19.9 Å². The molecule has 0 aromatic heterocycles. The monoisotopic (exact) mass is 532 g/mol. The number of halogens is 3. The van der Waals surface area contributed by atoms with E-state index in [0.29, 0.717) is 5.56 Å². The van der Waals surface area contributed by atoms with Crippen molar-refractivity contribution in [3.63, 3.8) is 0 Å². The Balaban J connectivity index is 1.99. The van der Waals surface area contributed by atoms with Gasteiger partial charge < -0.3 is 34.0 Å². The predicted molar refractivity (Wildman–Crippen MR) is 128 cm³/mol. The molecule has 35 heavy (non-hydrogen) atoms. The van der Waals surface area contributed by atoms with Crippen LogP contribution in [0.15, 0.2) is 30.3 Å². The highest BCUT2D eigenvalue weighted by Crippen LogP contribution is 2.41. The molecule has 1 heterocycles. The van der Waals surface area contributed by atoms with Gasteiger partial charge in [-0.15, -0.1) is 0 Å². The van der Waals surface area contributed by atoms with Gasteiger partial charge in [0, 0.05) is 24.1 Å². The third kappa shape index (κ3) is 5.70. The highest BCUT2D eigenvalue weighted by atomic mass is 35.5. The molecule has 0 amide bonds. The molecule has 1 fully saturated rings. The van der Waals surface area contributed by atoms with Crippen molar-refractivity contribution in [2.75, 3.05) is 20.8 Å². The summed E-state index contributed by atoms with van der Waals surface area (Å²) in [7, 11) is 0.539. The van der Waals surface area contributed by atoms with Gasteiger partial charge in [0.05, 0.1) is 13.7 Å². The van der Waals surface area contributed by atoms with Gasteiger partial charge in [-0.25, -0.2) is 4.39 Å². The number of methoxy groups -OCH3 is 2. The lowest BCUT2D eigenvalue weighted by atomic mass is 9.87. The number of benzene rings is 2. The summed E-state index contributed by atoms with van der Waals surface area (Å²) in [4.78, 5) is 0. The fourth-order valence-electron chi connectivity index (χ4n) is 3.98. The highest BCUT2D eigenvalue weighted by Gasteiger charge is 2.55. The zero-order chi connectivity index (χ0) is 26.1. The Morgan fingerprint density at radius 3 is 2.29 bits per heavy atom. The lowest BCUT2D eigenvalue weighted by Crippen LogP contribution is -2.64. The summed E-state index contributed by atoms with van der Waals surface area (Å²) in [5.74, 6) is -4.28. The van der Waals surface area contributed by atoms with Gasteiger partial charge in [-0.05, 0) is 49.0 Å². The summed E-state index contributed by atoms with van der Waals surface area (Å²) in [6, 6.07) is 7.27. The molecule has 0 radical (unpaired) electrons. The SMILES string of the molecule is COc1ccc(Cc2cc([C@]3(OC)O[C@H](CO[Si](C)(C)C)[C@@H](O)C(O)[C@H]3O)ccc2Cl)c(F)c1F. The quantitative estimate of drug-likeness (QED) is 0.449. The Kier molecular flexibility index (Phi) is 8.60. The van der Waals surface area contributed by atoms with Crippen LogP contribution in [0.25, 0.3) is 0 Å². The van der Waals surface area contributed by atoms with Crippen molar-refractivity contribution in [1.82, 2.24) is 0 Å². The number of rotatable bonds is 8. The number of hydrogen-bond acceptors (Lipinski definition) is 7. The first kappa shape index (κ1) is 27.9. The van der Waals surface area contributed by atoms with E-state index in [-0.39, 0.29) is 34.9 Å². The van der Waals surface area contributed by atoms with Crippen molar-refractivity contribution in [1.29, 1.82) is 0 Å². The molecule has 1 unspecified atom stereocenters. The van der Waals surface area contributed by atoms with Gasteiger partial charge in [0.1, 0.15) is 24.4 Å². The van der Waals surface area contributed by atoms with Crippen molar-refractivity contribution in [2.45, 2.75) is 56.3 Å². The summed E-state index contributed by atoms with van der Waals surface area (Å²) in [5, 5.41) is 32.3. The topological polar surface area (TPSA) is 97.6 Å². The van der Waals surface area contributed by atoms with Gasteiger partial charge >= 0.3 is 0 Å². The van der Waals surface area contributed by atoms with E-state index >= 15 is 0 Å². The number of aliphatic hydroxyl groups excluding tert-OH is 3. The number of ether oxygens (including phenoxy) is 3. The molecule has 3 rings (SSSR count). The lowest BCUT2D eigenvalue weighted by Gasteiger charge is -2.48. The van der Waals surface area contributed by atoms with Gasteiger partial charge in [0.2, 0.25) is 11.6 Å². The minimum Gasteiger partial charge on any atom is -0.494 e. The van der Waals surface area contributed by atoms with Gasteiger partial charge in [-0.1, -0.05) is 23.7 Å². The Morgan fingerprint density at radius 2 is 1.69 bits per heavy atom. The van der Waals surface area contributed by atoms with E-state index in [1.165, 1.54) is 44.6 Å². The average molecular weight is 533 g/mol. The van der Waals surface area contributed by atoms with E-state index in [2.05, 4.69) is 0 Å². The Hall–Kier alpha value is -1.63. The van der Waals surface area contributed by atoms with Crippen LogP contribution in [-0.2, 0) is 26.1 Å². The van der Waals surface area contributed by atoms with E-state index in [9.17, 15) is 24.1 Å². The summed E-state index contributed by atoms with van der Waals surface area (Å²) >= 11 is 6.35. The van der Waals surface area contributed by atoms with Crippen LogP contribution in [-0.4, -0.2) is 68.9 Å². The summed E-state index contributed by atoms with van der Waals surface area (Å²) in [6.07, 6.45) is -5.79. The second-order valence-electron chi connectivity index (χ2n) is 9.42. The van der Waals surface area contributed by atoms with Crippen molar-refractivity contribution in [2.24, 2.45) is 0 Å². The van der Waals surface area contributed by atoms with E-state index in [0.717, 1.165) is 0 Å². The van der Waals surface area contributed by atoms with Gasteiger partial charge in [-0.2, -0.15) is 4.39 Å². The van der Waals surface area contributed by atoms with E-state index in [1.54, 1.807) is 0 Å². The van der Waals surface area contributed by atoms with Crippen LogP contribution >= 0.6 is 11.6 Å². The molecule has 2 aromatic rings. The van der Waals surface area contributed by atoms with Crippen LogP contribution in [0.1, 0.15) is 16.7 Å². The fourth-order valence-corrected chi connectivity index (χ4v) is 4.83. The summed E-state index contributed by atoms with van der Waals surface area (Å²) in [6.45, 7) is 5.86. The second-order valence-corrected chi connectivity index (χ2v) is 14.3. The molecular formula is C24H31ClF2O7Si. The molecule has 11 heteroatoms. The van der Waals surface area contributed by atoms with Crippen molar-refractivity contribution in [3.8, 4) is 5.75 Å². The largest absolute Gasteiger partial charge is 0.494 e. The molecule has 3 N–H and O–H groups in total. The van der Waals surface area contributed by atoms with Crippen LogP contribution in [0.5, 0.6) is 5.75 Å². The zero-order valence-electron chi connectivity index (χ0n) is 20.2. The maximum atomic E-state index is 14.6. The third-order valence-electron chi connectivity index (χ3n) is 5.93. The Morgan fingerprint density at radius 1 is 1.00 bits per heavy atom. The van der Waals surface area contributed by atoms with Crippen molar-refractivity contribution in [3.05, 3.63) is 63.7 Å². The molecule has 7 nitrogen and oxygen atoms in total. The van der Waals surface area contributed by atoms with Crippen LogP contribution in [0.4, 0.5) is 8.78 Å². The molecule has 0 spiro atoms. The molecule has 0 saturated carbocycles. The molecular weight excluding hydrogens is 502 g/mol. The normalized spacial score (nSPS) is 27.2. The molecule has 1 aliphatic rings. The van der Waals surface area contributed by atoms with Crippen LogP contribution in [0.2, 0.25) is 24.7 Å². The van der Waals surface area contributed by atoms with E-state index in [1.807, 2.05) is 19.6 Å². The Bertz CT molecular complexity index is 1050. The smallest absolute Gasteiger partial charge is 0.224 e. The van der Waals surface area contributed by atoms with Crippen LogP contribution in [0, 0.1) is 11.6 Å². The second kappa shape index (κ2) is 10.8. The standard InChI is InChI=1S/C24H31ClF2O7Si/c1-31-17-9-6-13(19(26)20(17)27)10-14-11-15(7-8-16(14)25)24(32-2)23(30)22(29)21(28)18(34-24)12-33-35(3,4)5/h6-9,11,18,21-23,28-30H,10,12H2,1-5H3/t18-,21-,22?,23-,24+/m1/s1. The minimum absolute atomic E-state index is 0.0252. The molecule has 1 saturated heterocycles. The molecule has 5 atom stereocenters. The van der Waals surface area contributed by atoms with Crippen molar-refractivity contribution < 1.29 is 42.7 Å².